The number of nitrogens with one attached hydrogen (secondary N) is 2. The van der Waals surface area contributed by atoms with Crippen molar-refractivity contribution in [3.8, 4) is 0 Å². The molecule has 1 aromatic heterocycles. The zero-order chi connectivity index (χ0) is 16.1. The average molecular weight is 297 g/mol. The fourth-order valence-corrected chi connectivity index (χ4v) is 2.03. The number of nitrogens with zero attached hydrogens (tertiary/aromatic N) is 1. The van der Waals surface area contributed by atoms with Crippen molar-refractivity contribution in [1.82, 2.24) is 4.98 Å². The second kappa shape index (κ2) is 7.07. The molecule has 0 fully saturated rings. The minimum Gasteiger partial charge on any atom is -0.384 e. The molecule has 1 heterocycles. The van der Waals surface area contributed by atoms with Gasteiger partial charge in [-0.15, -0.1) is 0 Å². The van der Waals surface area contributed by atoms with Crippen LogP contribution in [0.15, 0.2) is 36.5 Å². The van der Waals surface area contributed by atoms with Crippen LogP contribution in [-0.2, 0) is 0 Å². The zero-order valence-corrected chi connectivity index (χ0v) is 13.6. The number of amides is 1. The molecule has 0 atom stereocenters. The van der Waals surface area contributed by atoms with Gasteiger partial charge in [0, 0.05) is 12.2 Å². The molecule has 0 unspecified atom stereocenters. The van der Waals surface area contributed by atoms with Crippen LogP contribution in [0.25, 0.3) is 0 Å². The van der Waals surface area contributed by atoms with E-state index in [4.69, 9.17) is 0 Å². The van der Waals surface area contributed by atoms with E-state index in [-0.39, 0.29) is 5.91 Å². The third-order valence-electron chi connectivity index (χ3n) is 3.56. The maximum atomic E-state index is 12.3. The van der Waals surface area contributed by atoms with E-state index < -0.39 is 0 Å². The van der Waals surface area contributed by atoms with E-state index in [0.717, 1.165) is 29.0 Å². The average Bonchev–Trinajstić information content (AvgIpc) is 2.50. The molecule has 4 nitrogen and oxygen atoms in total. The molecule has 0 aliphatic carbocycles. The molecule has 2 N–H and O–H groups in total. The van der Waals surface area contributed by atoms with Gasteiger partial charge in [0.25, 0.3) is 5.91 Å². The molecule has 1 amide bonds. The summed E-state index contributed by atoms with van der Waals surface area (Å²) in [6.07, 6.45) is 1.69. The molecule has 0 aliphatic rings. The molecule has 2 aromatic rings. The summed E-state index contributed by atoms with van der Waals surface area (Å²) in [6, 6.07) is 9.48. The molecule has 116 valence electrons. The fraction of sp³-hybridized carbons (Fsp3) is 0.333. The van der Waals surface area contributed by atoms with E-state index >= 15 is 0 Å². The zero-order valence-electron chi connectivity index (χ0n) is 13.6. The lowest BCUT2D eigenvalue weighted by molar-refractivity contribution is 0.102. The number of hydrogen-bond donors (Lipinski definition) is 2. The molecule has 0 aliphatic heterocycles. The Hall–Kier alpha value is -2.36. The highest BCUT2D eigenvalue weighted by Crippen LogP contribution is 2.18. The normalized spacial score (nSPS) is 10.6. The summed E-state index contributed by atoms with van der Waals surface area (Å²) in [5, 5.41) is 6.20. The second-order valence-electron chi connectivity index (χ2n) is 5.91. The lowest BCUT2D eigenvalue weighted by Crippen LogP contribution is -2.15. The Labute approximate surface area is 132 Å². The van der Waals surface area contributed by atoms with Crippen molar-refractivity contribution in [2.24, 2.45) is 5.92 Å². The minimum absolute atomic E-state index is 0.191. The summed E-state index contributed by atoms with van der Waals surface area (Å²) in [5.41, 5.74) is 4.40. The van der Waals surface area contributed by atoms with Crippen LogP contribution in [0.5, 0.6) is 0 Å². The first-order valence-corrected chi connectivity index (χ1v) is 7.55. The van der Waals surface area contributed by atoms with Crippen molar-refractivity contribution in [2.75, 3.05) is 17.2 Å². The first kappa shape index (κ1) is 16.0. The molecule has 0 spiro atoms. The Bertz CT molecular complexity index is 648. The lowest BCUT2D eigenvalue weighted by Gasteiger charge is -2.11. The van der Waals surface area contributed by atoms with Crippen LogP contribution in [0, 0.1) is 19.8 Å². The number of aromatic nitrogens is 1. The van der Waals surface area contributed by atoms with Gasteiger partial charge in [-0.05, 0) is 49.1 Å². The molecular weight excluding hydrogens is 274 g/mol. The Balaban J connectivity index is 2.05. The van der Waals surface area contributed by atoms with Crippen LogP contribution < -0.4 is 10.6 Å². The third kappa shape index (κ3) is 4.07. The molecule has 1 aromatic carbocycles. The summed E-state index contributed by atoms with van der Waals surface area (Å²) in [7, 11) is 0. The number of pyridine rings is 1. The number of carbonyl (C=O) groups excluding carboxylic acids is 1. The molecule has 22 heavy (non-hydrogen) atoms. The van der Waals surface area contributed by atoms with Crippen LogP contribution in [0.3, 0.4) is 0 Å². The van der Waals surface area contributed by atoms with Crippen molar-refractivity contribution in [3.63, 3.8) is 0 Å². The van der Waals surface area contributed by atoms with E-state index in [1.54, 1.807) is 12.3 Å². The SMILES string of the molecule is Cc1cccc(NC(=O)c2ccc(NCC(C)C)cn2)c1C. The standard InChI is InChI=1S/C18H23N3O/c1-12(2)10-19-15-8-9-17(20-11-15)18(22)21-16-7-5-6-13(3)14(16)4/h5-9,11-12,19H,10H2,1-4H3,(H,21,22). The van der Waals surface area contributed by atoms with Gasteiger partial charge in [-0.1, -0.05) is 26.0 Å². The molecular formula is C18H23N3O. The molecule has 0 bridgehead atoms. The summed E-state index contributed by atoms with van der Waals surface area (Å²) in [5.74, 6) is 0.372. The fourth-order valence-electron chi connectivity index (χ4n) is 2.03. The smallest absolute Gasteiger partial charge is 0.274 e. The highest BCUT2D eigenvalue weighted by atomic mass is 16.1. The van der Waals surface area contributed by atoms with Gasteiger partial charge < -0.3 is 10.6 Å². The quantitative estimate of drug-likeness (QED) is 0.876. The van der Waals surface area contributed by atoms with E-state index in [0.29, 0.717) is 11.6 Å². The second-order valence-corrected chi connectivity index (χ2v) is 5.91. The van der Waals surface area contributed by atoms with Crippen molar-refractivity contribution in [3.05, 3.63) is 53.3 Å². The predicted molar refractivity (Wildman–Crippen MR) is 91.4 cm³/mol. The van der Waals surface area contributed by atoms with Crippen molar-refractivity contribution < 1.29 is 4.79 Å². The van der Waals surface area contributed by atoms with Gasteiger partial charge in [0.05, 0.1) is 11.9 Å². The number of anilines is 2. The molecule has 0 radical (unpaired) electrons. The van der Waals surface area contributed by atoms with Crippen molar-refractivity contribution in [1.29, 1.82) is 0 Å². The Morgan fingerprint density at radius 3 is 2.59 bits per heavy atom. The Morgan fingerprint density at radius 2 is 1.95 bits per heavy atom. The maximum absolute atomic E-state index is 12.3. The number of aryl methyl sites for hydroxylation is 1. The maximum Gasteiger partial charge on any atom is 0.274 e. The largest absolute Gasteiger partial charge is 0.384 e. The summed E-state index contributed by atoms with van der Waals surface area (Å²) in [6.45, 7) is 9.20. The summed E-state index contributed by atoms with van der Waals surface area (Å²) >= 11 is 0. The van der Waals surface area contributed by atoms with E-state index in [1.807, 2.05) is 38.1 Å². The highest BCUT2D eigenvalue weighted by Gasteiger charge is 2.09. The number of carbonyl (C=O) groups is 1. The van der Waals surface area contributed by atoms with Crippen LogP contribution in [0.4, 0.5) is 11.4 Å². The lowest BCUT2D eigenvalue weighted by atomic mass is 10.1. The molecule has 2 rings (SSSR count). The van der Waals surface area contributed by atoms with Crippen LogP contribution in [0.1, 0.15) is 35.5 Å². The minimum atomic E-state index is -0.191. The molecule has 0 saturated heterocycles. The van der Waals surface area contributed by atoms with Crippen molar-refractivity contribution >= 4 is 17.3 Å². The van der Waals surface area contributed by atoms with Gasteiger partial charge in [0.2, 0.25) is 0 Å². The monoisotopic (exact) mass is 297 g/mol. The van der Waals surface area contributed by atoms with Gasteiger partial charge in [0.15, 0.2) is 0 Å². The van der Waals surface area contributed by atoms with E-state index in [9.17, 15) is 4.79 Å². The van der Waals surface area contributed by atoms with Gasteiger partial charge in [-0.3, -0.25) is 4.79 Å². The molecule has 0 saturated carbocycles. The van der Waals surface area contributed by atoms with E-state index in [2.05, 4.69) is 29.5 Å². The van der Waals surface area contributed by atoms with Crippen molar-refractivity contribution in [2.45, 2.75) is 27.7 Å². The predicted octanol–water partition coefficient (Wildman–Crippen LogP) is 4.02. The molecule has 4 heteroatoms. The summed E-state index contributed by atoms with van der Waals surface area (Å²) in [4.78, 5) is 16.5. The van der Waals surface area contributed by atoms with Gasteiger partial charge in [-0.2, -0.15) is 0 Å². The van der Waals surface area contributed by atoms with E-state index in [1.165, 1.54) is 0 Å². The first-order valence-electron chi connectivity index (χ1n) is 7.55. The number of benzene rings is 1. The van der Waals surface area contributed by atoms with Crippen LogP contribution in [-0.4, -0.2) is 17.4 Å². The van der Waals surface area contributed by atoms with Gasteiger partial charge >= 0.3 is 0 Å². The Morgan fingerprint density at radius 1 is 1.18 bits per heavy atom. The highest BCUT2D eigenvalue weighted by molar-refractivity contribution is 6.03. The Kier molecular flexibility index (Phi) is 5.15. The number of rotatable bonds is 5. The van der Waals surface area contributed by atoms with Gasteiger partial charge in [-0.25, -0.2) is 4.98 Å². The third-order valence-corrected chi connectivity index (χ3v) is 3.56. The van der Waals surface area contributed by atoms with Gasteiger partial charge in [0.1, 0.15) is 5.69 Å². The van der Waals surface area contributed by atoms with Crippen LogP contribution >= 0.6 is 0 Å². The van der Waals surface area contributed by atoms with Crippen LogP contribution in [0.2, 0.25) is 0 Å². The summed E-state index contributed by atoms with van der Waals surface area (Å²) < 4.78 is 0. The topological polar surface area (TPSA) is 54.0 Å². The number of hydrogen-bond acceptors (Lipinski definition) is 3. The first-order chi connectivity index (χ1) is 10.5.